The van der Waals surface area contributed by atoms with Crippen LogP contribution in [0.25, 0.3) is 0 Å². The van der Waals surface area contributed by atoms with E-state index < -0.39 is 0 Å². The van der Waals surface area contributed by atoms with Crippen molar-refractivity contribution in [2.75, 3.05) is 0 Å². The van der Waals surface area contributed by atoms with Gasteiger partial charge in [0.25, 0.3) is 0 Å². The molecule has 0 bridgehead atoms. The molecule has 0 aromatic rings. The highest BCUT2D eigenvalue weighted by Gasteiger charge is 2.30. The maximum atomic E-state index is 12.3. The Hall–Kier alpha value is 0.150. The van der Waals surface area contributed by atoms with Gasteiger partial charge in [-0.2, -0.15) is 0 Å². The molecular formula is C15H29BrO. The lowest BCUT2D eigenvalue weighted by Gasteiger charge is -2.23. The number of hydrogen-bond acceptors (Lipinski definition) is 1. The molecule has 0 saturated carbocycles. The highest BCUT2D eigenvalue weighted by atomic mass is 79.9. The van der Waals surface area contributed by atoms with Crippen LogP contribution >= 0.6 is 15.9 Å². The maximum Gasteiger partial charge on any atom is 0.152 e. The zero-order chi connectivity index (χ0) is 13.3. The largest absolute Gasteiger partial charge is 0.298 e. The predicted octanol–water partition coefficient (Wildman–Crippen LogP) is 5.51. The number of alkyl halides is 1. The summed E-state index contributed by atoms with van der Waals surface area (Å²) < 4.78 is -0.351. The Bertz CT molecular complexity index is 205. The van der Waals surface area contributed by atoms with Crippen molar-refractivity contribution in [2.24, 2.45) is 5.92 Å². The molecular weight excluding hydrogens is 276 g/mol. The summed E-state index contributed by atoms with van der Waals surface area (Å²) in [5.41, 5.74) is 0. The molecule has 2 heteroatoms. The SMILES string of the molecule is CCCCCCC(CCCC)C(=O)C(C)(C)Br. The van der Waals surface area contributed by atoms with E-state index in [2.05, 4.69) is 29.8 Å². The second-order valence-corrected chi connectivity index (χ2v) is 7.51. The van der Waals surface area contributed by atoms with Crippen molar-refractivity contribution in [1.29, 1.82) is 0 Å². The molecule has 17 heavy (non-hydrogen) atoms. The number of ketones is 1. The van der Waals surface area contributed by atoms with Gasteiger partial charge in [-0.25, -0.2) is 0 Å². The first-order chi connectivity index (χ1) is 7.93. The van der Waals surface area contributed by atoms with Crippen LogP contribution in [0.5, 0.6) is 0 Å². The molecule has 0 aromatic carbocycles. The molecule has 1 unspecified atom stereocenters. The quantitative estimate of drug-likeness (QED) is 0.384. The fourth-order valence-electron chi connectivity index (χ4n) is 2.16. The number of Topliss-reactive ketones (excluding diaryl/α,β-unsaturated/α-hetero) is 1. The Labute approximate surface area is 116 Å². The predicted molar refractivity (Wildman–Crippen MR) is 79.8 cm³/mol. The first-order valence-electron chi connectivity index (χ1n) is 7.16. The highest BCUT2D eigenvalue weighted by molar-refractivity contribution is 9.10. The molecule has 0 radical (unpaired) electrons. The van der Waals surface area contributed by atoms with E-state index in [0.29, 0.717) is 5.78 Å². The van der Waals surface area contributed by atoms with E-state index >= 15 is 0 Å². The first-order valence-corrected chi connectivity index (χ1v) is 7.96. The van der Waals surface area contributed by atoms with E-state index in [0.717, 1.165) is 12.8 Å². The molecule has 0 aliphatic heterocycles. The third-order valence-corrected chi connectivity index (χ3v) is 3.66. The van der Waals surface area contributed by atoms with Crippen molar-refractivity contribution in [3.63, 3.8) is 0 Å². The van der Waals surface area contributed by atoms with E-state index in [1.165, 1.54) is 38.5 Å². The molecule has 102 valence electrons. The van der Waals surface area contributed by atoms with Gasteiger partial charge in [-0.3, -0.25) is 4.79 Å². The summed E-state index contributed by atoms with van der Waals surface area (Å²) in [6.07, 6.45) is 9.54. The lowest BCUT2D eigenvalue weighted by molar-refractivity contribution is -0.124. The number of rotatable bonds is 10. The Kier molecular flexibility index (Phi) is 9.21. The number of carbonyl (C=O) groups excluding carboxylic acids is 1. The number of unbranched alkanes of at least 4 members (excludes halogenated alkanes) is 4. The minimum Gasteiger partial charge on any atom is -0.298 e. The summed E-state index contributed by atoms with van der Waals surface area (Å²) >= 11 is 3.51. The van der Waals surface area contributed by atoms with Crippen molar-refractivity contribution < 1.29 is 4.79 Å². The highest BCUT2D eigenvalue weighted by Crippen LogP contribution is 2.28. The normalized spacial score (nSPS) is 13.7. The maximum absolute atomic E-state index is 12.3. The second kappa shape index (κ2) is 9.13. The van der Waals surface area contributed by atoms with Crippen LogP contribution in [0.4, 0.5) is 0 Å². The monoisotopic (exact) mass is 304 g/mol. The van der Waals surface area contributed by atoms with Crippen LogP contribution in [0, 0.1) is 5.92 Å². The lowest BCUT2D eigenvalue weighted by Crippen LogP contribution is -2.31. The Morgan fingerprint density at radius 3 is 2.00 bits per heavy atom. The Morgan fingerprint density at radius 2 is 1.53 bits per heavy atom. The second-order valence-electron chi connectivity index (χ2n) is 5.53. The molecule has 1 atom stereocenters. The van der Waals surface area contributed by atoms with Crippen molar-refractivity contribution in [1.82, 2.24) is 0 Å². The molecule has 0 aliphatic carbocycles. The van der Waals surface area contributed by atoms with Crippen LogP contribution in [0.15, 0.2) is 0 Å². The average Bonchev–Trinajstić information content (AvgIpc) is 2.26. The van der Waals surface area contributed by atoms with Gasteiger partial charge in [-0.1, -0.05) is 68.3 Å². The van der Waals surface area contributed by atoms with Crippen LogP contribution in [-0.2, 0) is 4.79 Å². The molecule has 0 heterocycles. The van der Waals surface area contributed by atoms with Crippen molar-refractivity contribution >= 4 is 21.7 Å². The van der Waals surface area contributed by atoms with Gasteiger partial charge < -0.3 is 0 Å². The summed E-state index contributed by atoms with van der Waals surface area (Å²) in [6.45, 7) is 8.36. The molecule has 0 fully saturated rings. The molecule has 0 N–H and O–H groups in total. The van der Waals surface area contributed by atoms with Gasteiger partial charge >= 0.3 is 0 Å². The van der Waals surface area contributed by atoms with Gasteiger partial charge in [0.15, 0.2) is 5.78 Å². The first kappa shape index (κ1) is 17.2. The van der Waals surface area contributed by atoms with Gasteiger partial charge in [0.2, 0.25) is 0 Å². The number of halogens is 1. The minimum absolute atomic E-state index is 0.265. The molecule has 1 nitrogen and oxygen atoms in total. The van der Waals surface area contributed by atoms with Gasteiger partial charge in [0, 0.05) is 5.92 Å². The van der Waals surface area contributed by atoms with E-state index in [9.17, 15) is 4.79 Å². The van der Waals surface area contributed by atoms with Gasteiger partial charge in [-0.15, -0.1) is 0 Å². The van der Waals surface area contributed by atoms with E-state index in [1.807, 2.05) is 13.8 Å². The van der Waals surface area contributed by atoms with Crippen LogP contribution in [-0.4, -0.2) is 10.1 Å². The molecule has 0 rings (SSSR count). The minimum atomic E-state index is -0.351. The average molecular weight is 305 g/mol. The summed E-state index contributed by atoms with van der Waals surface area (Å²) in [4.78, 5) is 12.3. The van der Waals surface area contributed by atoms with Crippen molar-refractivity contribution in [3.8, 4) is 0 Å². The third kappa shape index (κ3) is 7.96. The van der Waals surface area contributed by atoms with Gasteiger partial charge in [-0.05, 0) is 26.7 Å². The smallest absolute Gasteiger partial charge is 0.152 e. The van der Waals surface area contributed by atoms with Gasteiger partial charge in [0.05, 0.1) is 4.32 Å². The lowest BCUT2D eigenvalue weighted by atomic mass is 9.86. The Balaban J connectivity index is 4.18. The Morgan fingerprint density at radius 1 is 1.00 bits per heavy atom. The van der Waals surface area contributed by atoms with Crippen LogP contribution in [0.1, 0.15) is 79.1 Å². The molecule has 0 saturated heterocycles. The fourth-order valence-corrected chi connectivity index (χ4v) is 2.48. The van der Waals surface area contributed by atoms with Crippen LogP contribution in [0.2, 0.25) is 0 Å². The fraction of sp³-hybridized carbons (Fsp3) is 0.933. The van der Waals surface area contributed by atoms with Crippen LogP contribution < -0.4 is 0 Å². The van der Waals surface area contributed by atoms with Crippen LogP contribution in [0.3, 0.4) is 0 Å². The van der Waals surface area contributed by atoms with E-state index in [-0.39, 0.29) is 10.2 Å². The third-order valence-electron chi connectivity index (χ3n) is 3.27. The van der Waals surface area contributed by atoms with Crippen molar-refractivity contribution in [3.05, 3.63) is 0 Å². The molecule has 0 amide bonds. The number of carbonyl (C=O) groups is 1. The van der Waals surface area contributed by atoms with Crippen molar-refractivity contribution in [2.45, 2.75) is 83.4 Å². The summed E-state index contributed by atoms with van der Waals surface area (Å²) in [7, 11) is 0. The zero-order valence-electron chi connectivity index (χ0n) is 12.0. The number of hydrogen-bond donors (Lipinski definition) is 0. The van der Waals surface area contributed by atoms with Gasteiger partial charge in [0.1, 0.15) is 0 Å². The molecule has 0 spiro atoms. The topological polar surface area (TPSA) is 17.1 Å². The van der Waals surface area contributed by atoms with E-state index in [1.54, 1.807) is 0 Å². The summed E-state index contributed by atoms with van der Waals surface area (Å²) in [6, 6.07) is 0. The zero-order valence-corrected chi connectivity index (χ0v) is 13.6. The molecule has 0 aromatic heterocycles. The standard InChI is InChI=1S/C15H29BrO/c1-5-7-9-10-12-13(11-8-6-2)14(17)15(3,4)16/h13H,5-12H2,1-4H3. The molecule has 0 aliphatic rings. The summed E-state index contributed by atoms with van der Waals surface area (Å²) in [5, 5.41) is 0. The van der Waals surface area contributed by atoms with E-state index in [4.69, 9.17) is 0 Å². The summed E-state index contributed by atoms with van der Waals surface area (Å²) in [5.74, 6) is 0.656.